The molecule has 0 aliphatic rings. The lowest BCUT2D eigenvalue weighted by Crippen LogP contribution is -2.49. The molecule has 1 heterocycles. The lowest BCUT2D eigenvalue weighted by atomic mass is 10.0. The first-order valence-corrected chi connectivity index (χ1v) is 11.7. The average Bonchev–Trinajstić information content (AvgIpc) is 3.18. The van der Waals surface area contributed by atoms with Crippen molar-refractivity contribution in [1.29, 1.82) is 0 Å². The van der Waals surface area contributed by atoms with Crippen LogP contribution in [0.15, 0.2) is 48.5 Å². The van der Waals surface area contributed by atoms with Gasteiger partial charge in [0.05, 0.1) is 12.8 Å². The third kappa shape index (κ3) is 5.90. The highest BCUT2D eigenvalue weighted by Gasteiger charge is 2.37. The number of carbonyl (C=O) groups excluding carboxylic acids is 3. The predicted octanol–water partition coefficient (Wildman–Crippen LogP) is 3.79. The normalized spacial score (nSPS) is 12.0. The van der Waals surface area contributed by atoms with Crippen molar-refractivity contribution in [3.8, 4) is 5.75 Å². The Bertz CT molecular complexity index is 1240. The van der Waals surface area contributed by atoms with E-state index in [2.05, 4.69) is 9.69 Å². The second kappa shape index (κ2) is 10.3. The number of carbonyl (C=O) groups is 3. The topological polar surface area (TPSA) is 141 Å². The van der Waals surface area contributed by atoms with Crippen LogP contribution < -0.4 is 26.4 Å². The minimum Gasteiger partial charge on any atom is -0.497 e. The minimum absolute atomic E-state index is 0.0165. The van der Waals surface area contributed by atoms with Gasteiger partial charge in [-0.2, -0.15) is 4.37 Å². The number of nitrogens with two attached hydrogens (primary N) is 2. The molecular formula is C24H26ClN5O4S. The van der Waals surface area contributed by atoms with Crippen LogP contribution in [0.2, 0.25) is 5.02 Å². The van der Waals surface area contributed by atoms with Gasteiger partial charge in [0.2, 0.25) is 5.91 Å². The van der Waals surface area contributed by atoms with E-state index >= 15 is 0 Å². The number of hydrogen-bond acceptors (Lipinski definition) is 7. The fourth-order valence-electron chi connectivity index (χ4n) is 3.37. The number of primary amides is 1. The molecule has 9 nitrogen and oxygen atoms in total. The van der Waals surface area contributed by atoms with Crippen molar-refractivity contribution in [3.05, 3.63) is 69.7 Å². The highest BCUT2D eigenvalue weighted by Crippen LogP contribution is 2.34. The molecule has 3 rings (SSSR count). The molecule has 184 valence electrons. The zero-order valence-corrected chi connectivity index (χ0v) is 21.2. The predicted molar refractivity (Wildman–Crippen MR) is 137 cm³/mol. The first-order valence-electron chi connectivity index (χ1n) is 10.5. The fourth-order valence-corrected chi connectivity index (χ4v) is 4.23. The third-order valence-electron chi connectivity index (χ3n) is 4.92. The molecule has 0 spiro atoms. The summed E-state index contributed by atoms with van der Waals surface area (Å²) >= 11 is 6.82. The van der Waals surface area contributed by atoms with Gasteiger partial charge in [-0.15, -0.1) is 0 Å². The summed E-state index contributed by atoms with van der Waals surface area (Å²) in [5.74, 6) is -1.34. The molecule has 1 atom stereocenters. The first-order chi connectivity index (χ1) is 16.4. The number of methoxy groups -OCH3 is 1. The molecule has 0 bridgehead atoms. The maximum atomic E-state index is 13.9. The van der Waals surface area contributed by atoms with E-state index in [1.807, 2.05) is 20.8 Å². The van der Waals surface area contributed by atoms with Gasteiger partial charge >= 0.3 is 0 Å². The van der Waals surface area contributed by atoms with Crippen LogP contribution >= 0.6 is 23.1 Å². The number of aromatic nitrogens is 1. The first kappa shape index (κ1) is 26.0. The van der Waals surface area contributed by atoms with Crippen LogP contribution in [0.1, 0.15) is 52.5 Å². The molecule has 3 aromatic rings. The Labute approximate surface area is 212 Å². The number of benzene rings is 2. The van der Waals surface area contributed by atoms with Crippen LogP contribution in [-0.2, 0) is 4.79 Å². The van der Waals surface area contributed by atoms with E-state index in [1.54, 1.807) is 48.5 Å². The van der Waals surface area contributed by atoms with E-state index in [1.165, 1.54) is 12.0 Å². The highest BCUT2D eigenvalue weighted by atomic mass is 35.5. The standard InChI is InChI=1S/C24H26ClN5O4S/c1-24(2,3)28-22(32)19(13-5-7-14(25)8-6-13)30(15-9-11-16(34-4)12-10-15)23(33)20-17(26)18(21(27)31)29-35-20/h5-12,19H,26H2,1-4H3,(H2,27,31)(H,28,32)/t19-/m1/s1. The van der Waals surface area contributed by atoms with Gasteiger partial charge in [-0.05, 0) is 74.3 Å². The third-order valence-corrected chi connectivity index (χ3v) is 6.02. The summed E-state index contributed by atoms with van der Waals surface area (Å²) in [6, 6.07) is 12.1. The molecule has 5 N–H and O–H groups in total. The summed E-state index contributed by atoms with van der Waals surface area (Å²) in [4.78, 5) is 40.5. The van der Waals surface area contributed by atoms with Crippen molar-refractivity contribution in [1.82, 2.24) is 9.69 Å². The molecule has 2 aromatic carbocycles. The van der Waals surface area contributed by atoms with E-state index in [-0.39, 0.29) is 16.3 Å². The van der Waals surface area contributed by atoms with Crippen LogP contribution in [0.4, 0.5) is 11.4 Å². The quantitative estimate of drug-likeness (QED) is 0.437. The Hall–Kier alpha value is -3.63. The molecule has 0 saturated heterocycles. The van der Waals surface area contributed by atoms with E-state index in [9.17, 15) is 14.4 Å². The second-order valence-corrected chi connectivity index (χ2v) is 9.91. The molecule has 0 fully saturated rings. The van der Waals surface area contributed by atoms with Crippen molar-refractivity contribution >= 4 is 52.2 Å². The molecule has 0 saturated carbocycles. The molecule has 3 amide bonds. The lowest BCUT2D eigenvalue weighted by Gasteiger charge is -2.33. The van der Waals surface area contributed by atoms with Crippen molar-refractivity contribution in [2.75, 3.05) is 17.7 Å². The minimum atomic E-state index is -1.11. The van der Waals surface area contributed by atoms with Crippen LogP contribution in [0.5, 0.6) is 5.75 Å². The van der Waals surface area contributed by atoms with E-state index in [4.69, 9.17) is 27.8 Å². The number of nitrogens with one attached hydrogen (secondary N) is 1. The van der Waals surface area contributed by atoms with Gasteiger partial charge in [0.1, 0.15) is 16.7 Å². The number of halogens is 1. The van der Waals surface area contributed by atoms with Gasteiger partial charge in [0.25, 0.3) is 11.8 Å². The van der Waals surface area contributed by atoms with Crippen LogP contribution in [-0.4, -0.2) is 34.7 Å². The molecule has 11 heteroatoms. The SMILES string of the molecule is COc1ccc(N(C(=O)c2snc(C(N)=O)c2N)[C@@H](C(=O)NC(C)(C)C)c2ccc(Cl)cc2)cc1. The van der Waals surface area contributed by atoms with E-state index in [0.29, 0.717) is 22.0 Å². The van der Waals surface area contributed by atoms with Crippen LogP contribution in [0.25, 0.3) is 0 Å². The molecule has 35 heavy (non-hydrogen) atoms. The molecular weight excluding hydrogens is 490 g/mol. The van der Waals surface area contributed by atoms with Gasteiger partial charge in [-0.3, -0.25) is 19.3 Å². The Balaban J connectivity index is 2.23. The Morgan fingerprint density at radius 3 is 2.17 bits per heavy atom. The second-order valence-electron chi connectivity index (χ2n) is 8.70. The van der Waals surface area contributed by atoms with Crippen LogP contribution in [0, 0.1) is 0 Å². The van der Waals surface area contributed by atoms with Gasteiger partial charge in [0.15, 0.2) is 5.69 Å². The molecule has 0 aliphatic carbocycles. The molecule has 0 aliphatic heterocycles. The molecule has 0 unspecified atom stereocenters. The van der Waals surface area contributed by atoms with Gasteiger partial charge in [0, 0.05) is 16.2 Å². The Kier molecular flexibility index (Phi) is 7.67. The number of anilines is 2. The number of amides is 3. The summed E-state index contributed by atoms with van der Waals surface area (Å²) in [6.07, 6.45) is 0. The van der Waals surface area contributed by atoms with Crippen molar-refractivity contribution < 1.29 is 19.1 Å². The Morgan fingerprint density at radius 2 is 1.69 bits per heavy atom. The lowest BCUT2D eigenvalue weighted by molar-refractivity contribution is -0.123. The number of ether oxygens (including phenoxy) is 1. The summed E-state index contributed by atoms with van der Waals surface area (Å²) < 4.78 is 9.18. The summed E-state index contributed by atoms with van der Waals surface area (Å²) in [5, 5.41) is 3.42. The number of nitrogen functional groups attached to an aromatic ring is 1. The number of hydrogen-bond donors (Lipinski definition) is 3. The smallest absolute Gasteiger partial charge is 0.273 e. The maximum absolute atomic E-state index is 13.9. The summed E-state index contributed by atoms with van der Waals surface area (Å²) in [6.45, 7) is 5.51. The van der Waals surface area contributed by atoms with E-state index in [0.717, 1.165) is 11.5 Å². The van der Waals surface area contributed by atoms with Gasteiger partial charge in [-0.25, -0.2) is 0 Å². The zero-order chi connectivity index (χ0) is 25.9. The van der Waals surface area contributed by atoms with Crippen molar-refractivity contribution in [2.45, 2.75) is 32.4 Å². The highest BCUT2D eigenvalue weighted by molar-refractivity contribution is 7.09. The fraction of sp³-hybridized carbons (Fsp3) is 0.250. The number of rotatable bonds is 7. The zero-order valence-electron chi connectivity index (χ0n) is 19.7. The molecule has 0 radical (unpaired) electrons. The van der Waals surface area contributed by atoms with Crippen LogP contribution in [0.3, 0.4) is 0 Å². The average molecular weight is 516 g/mol. The maximum Gasteiger partial charge on any atom is 0.273 e. The Morgan fingerprint density at radius 1 is 1.09 bits per heavy atom. The number of nitrogens with zero attached hydrogens (tertiary/aromatic N) is 2. The van der Waals surface area contributed by atoms with Gasteiger partial charge < -0.3 is 21.5 Å². The summed E-state index contributed by atoms with van der Waals surface area (Å²) in [5.41, 5.74) is 11.4. The monoisotopic (exact) mass is 515 g/mol. The van der Waals surface area contributed by atoms with Crippen molar-refractivity contribution in [2.24, 2.45) is 5.73 Å². The molecule has 1 aromatic heterocycles. The van der Waals surface area contributed by atoms with Gasteiger partial charge in [-0.1, -0.05) is 23.7 Å². The van der Waals surface area contributed by atoms with E-state index < -0.39 is 29.3 Å². The van der Waals surface area contributed by atoms with Crippen molar-refractivity contribution in [3.63, 3.8) is 0 Å². The summed E-state index contributed by atoms with van der Waals surface area (Å²) in [7, 11) is 1.52. The largest absolute Gasteiger partial charge is 0.497 e.